The zero-order chi connectivity index (χ0) is 20.0. The maximum Gasteiger partial charge on any atom is 0.305 e. The second kappa shape index (κ2) is 8.94. The Kier molecular flexibility index (Phi) is 6.89. The number of hydrogen-bond donors (Lipinski definition) is 2. The molecule has 0 aromatic heterocycles. The highest BCUT2D eigenvalue weighted by molar-refractivity contribution is 5.69. The number of phenolic OH excluding ortho intramolecular Hbond substituents is 2. The van der Waals surface area contributed by atoms with Crippen molar-refractivity contribution in [3.8, 4) is 11.5 Å². The van der Waals surface area contributed by atoms with Crippen LogP contribution in [-0.4, -0.2) is 23.3 Å². The number of phenols is 2. The van der Waals surface area contributed by atoms with Crippen molar-refractivity contribution >= 4 is 5.97 Å². The van der Waals surface area contributed by atoms with E-state index in [2.05, 4.69) is 6.92 Å². The Balaban J connectivity index is 2.43. The zero-order valence-electron chi connectivity index (χ0n) is 16.7. The van der Waals surface area contributed by atoms with Crippen LogP contribution in [0.2, 0.25) is 0 Å². The van der Waals surface area contributed by atoms with Crippen LogP contribution in [0.4, 0.5) is 0 Å². The number of rotatable bonds is 8. The summed E-state index contributed by atoms with van der Waals surface area (Å²) in [6.07, 6.45) is 3.80. The van der Waals surface area contributed by atoms with Crippen LogP contribution in [0.1, 0.15) is 61.3 Å². The number of unbranched alkanes of at least 4 members (excludes halogenated alkanes) is 1. The van der Waals surface area contributed by atoms with E-state index in [1.165, 1.54) is 7.11 Å². The molecule has 0 atom stereocenters. The summed E-state index contributed by atoms with van der Waals surface area (Å²) in [5.41, 5.74) is 3.73. The summed E-state index contributed by atoms with van der Waals surface area (Å²) in [7, 11) is 1.41. The van der Waals surface area contributed by atoms with E-state index in [9.17, 15) is 15.0 Å². The fourth-order valence-corrected chi connectivity index (χ4v) is 3.74. The third-order valence-electron chi connectivity index (χ3n) is 5.56. The van der Waals surface area contributed by atoms with E-state index in [1.807, 2.05) is 38.1 Å². The SMILES string of the molecule is CCC(CCCCC(=O)OC)(c1ccc(O)c(C)c1)c1ccc(O)c(C)c1. The quantitative estimate of drug-likeness (QED) is 0.498. The predicted molar refractivity (Wildman–Crippen MR) is 107 cm³/mol. The molecule has 0 fully saturated rings. The molecule has 0 amide bonds. The molecule has 0 heterocycles. The summed E-state index contributed by atoms with van der Waals surface area (Å²) in [6.45, 7) is 5.96. The third kappa shape index (κ3) is 4.62. The van der Waals surface area contributed by atoms with E-state index in [0.717, 1.165) is 47.9 Å². The Morgan fingerprint density at radius 1 is 0.963 bits per heavy atom. The average molecular weight is 370 g/mol. The molecule has 27 heavy (non-hydrogen) atoms. The van der Waals surface area contributed by atoms with Gasteiger partial charge in [0.25, 0.3) is 0 Å². The van der Waals surface area contributed by atoms with Crippen LogP contribution in [-0.2, 0) is 14.9 Å². The van der Waals surface area contributed by atoms with E-state index in [1.54, 1.807) is 12.1 Å². The predicted octanol–water partition coefficient (Wildman–Crippen LogP) is 5.14. The summed E-state index contributed by atoms with van der Waals surface area (Å²) in [4.78, 5) is 11.4. The van der Waals surface area contributed by atoms with Crippen molar-refractivity contribution in [3.05, 3.63) is 58.7 Å². The molecule has 0 radical (unpaired) electrons. The van der Waals surface area contributed by atoms with Gasteiger partial charge in [-0.05, 0) is 67.5 Å². The number of carbonyl (C=O) groups is 1. The lowest BCUT2D eigenvalue weighted by Gasteiger charge is -2.35. The van der Waals surface area contributed by atoms with Crippen LogP contribution in [0, 0.1) is 13.8 Å². The Morgan fingerprint density at radius 2 is 1.48 bits per heavy atom. The molecule has 4 heteroatoms. The number of benzene rings is 2. The molecular formula is C23H30O4. The van der Waals surface area contributed by atoms with Gasteiger partial charge < -0.3 is 14.9 Å². The normalized spacial score (nSPS) is 11.4. The molecule has 2 aromatic carbocycles. The van der Waals surface area contributed by atoms with Crippen molar-refractivity contribution in [1.29, 1.82) is 0 Å². The fraction of sp³-hybridized carbons (Fsp3) is 0.435. The second-order valence-electron chi connectivity index (χ2n) is 7.22. The summed E-state index contributed by atoms with van der Waals surface area (Å²) in [6, 6.07) is 11.5. The summed E-state index contributed by atoms with van der Waals surface area (Å²) in [5.74, 6) is 0.394. The van der Waals surface area contributed by atoms with Crippen LogP contribution in [0.15, 0.2) is 36.4 Å². The molecule has 0 aliphatic carbocycles. The number of carbonyl (C=O) groups excluding carboxylic acids is 1. The first kappa shape index (κ1) is 20.8. The average Bonchev–Trinajstić information content (AvgIpc) is 2.66. The van der Waals surface area contributed by atoms with Crippen molar-refractivity contribution in [2.24, 2.45) is 0 Å². The lowest BCUT2D eigenvalue weighted by molar-refractivity contribution is -0.140. The first-order chi connectivity index (χ1) is 12.8. The monoisotopic (exact) mass is 370 g/mol. The lowest BCUT2D eigenvalue weighted by atomic mass is 9.68. The van der Waals surface area contributed by atoms with Gasteiger partial charge in [0.05, 0.1) is 7.11 Å². The van der Waals surface area contributed by atoms with Gasteiger partial charge in [-0.15, -0.1) is 0 Å². The molecule has 2 N–H and O–H groups in total. The van der Waals surface area contributed by atoms with Gasteiger partial charge in [-0.25, -0.2) is 0 Å². The number of aryl methyl sites for hydroxylation is 2. The standard InChI is InChI=1S/C23H30O4/c1-5-23(13-7-6-8-22(26)27-4,18-9-11-20(24)16(2)14-18)19-10-12-21(25)17(3)15-19/h9-12,14-15,24-25H,5-8,13H2,1-4H3. The Bertz CT molecular complexity index is 743. The zero-order valence-corrected chi connectivity index (χ0v) is 16.7. The molecule has 146 valence electrons. The smallest absolute Gasteiger partial charge is 0.305 e. The van der Waals surface area contributed by atoms with Crippen LogP contribution in [0.25, 0.3) is 0 Å². The van der Waals surface area contributed by atoms with Gasteiger partial charge in [-0.1, -0.05) is 37.6 Å². The van der Waals surface area contributed by atoms with Gasteiger partial charge in [0.1, 0.15) is 11.5 Å². The van der Waals surface area contributed by atoms with Crippen LogP contribution < -0.4 is 0 Å². The van der Waals surface area contributed by atoms with E-state index in [-0.39, 0.29) is 22.9 Å². The highest BCUT2D eigenvalue weighted by atomic mass is 16.5. The molecule has 2 rings (SSSR count). The van der Waals surface area contributed by atoms with Crippen molar-refractivity contribution in [1.82, 2.24) is 0 Å². The third-order valence-corrected chi connectivity index (χ3v) is 5.56. The topological polar surface area (TPSA) is 66.8 Å². The molecule has 0 saturated carbocycles. The van der Waals surface area contributed by atoms with E-state index in [0.29, 0.717) is 6.42 Å². The minimum Gasteiger partial charge on any atom is -0.508 e. The Hall–Kier alpha value is -2.49. The fourth-order valence-electron chi connectivity index (χ4n) is 3.74. The Labute approximate surface area is 161 Å². The molecule has 0 aliphatic rings. The van der Waals surface area contributed by atoms with Crippen molar-refractivity contribution in [2.75, 3.05) is 7.11 Å². The van der Waals surface area contributed by atoms with E-state index < -0.39 is 0 Å². The van der Waals surface area contributed by atoms with Gasteiger partial charge in [0.15, 0.2) is 0 Å². The molecule has 0 spiro atoms. The maximum absolute atomic E-state index is 11.4. The summed E-state index contributed by atoms with van der Waals surface area (Å²) < 4.78 is 4.74. The van der Waals surface area contributed by atoms with E-state index >= 15 is 0 Å². The Morgan fingerprint density at radius 3 is 1.89 bits per heavy atom. The highest BCUT2D eigenvalue weighted by Crippen LogP contribution is 2.42. The number of methoxy groups -OCH3 is 1. The number of ether oxygens (including phenoxy) is 1. The van der Waals surface area contributed by atoms with Crippen LogP contribution >= 0.6 is 0 Å². The highest BCUT2D eigenvalue weighted by Gasteiger charge is 2.32. The second-order valence-corrected chi connectivity index (χ2v) is 7.22. The first-order valence-corrected chi connectivity index (χ1v) is 9.51. The van der Waals surface area contributed by atoms with Crippen LogP contribution in [0.5, 0.6) is 11.5 Å². The number of esters is 1. The maximum atomic E-state index is 11.4. The van der Waals surface area contributed by atoms with E-state index in [4.69, 9.17) is 4.74 Å². The van der Waals surface area contributed by atoms with Gasteiger partial charge in [0.2, 0.25) is 0 Å². The van der Waals surface area contributed by atoms with Crippen molar-refractivity contribution in [2.45, 2.75) is 58.3 Å². The van der Waals surface area contributed by atoms with Gasteiger partial charge >= 0.3 is 5.97 Å². The molecular weight excluding hydrogens is 340 g/mol. The molecule has 0 unspecified atom stereocenters. The van der Waals surface area contributed by atoms with Gasteiger partial charge in [-0.3, -0.25) is 4.79 Å². The lowest BCUT2D eigenvalue weighted by Crippen LogP contribution is -2.27. The minimum atomic E-state index is -0.243. The van der Waals surface area contributed by atoms with Crippen molar-refractivity contribution in [3.63, 3.8) is 0 Å². The molecule has 4 nitrogen and oxygen atoms in total. The summed E-state index contributed by atoms with van der Waals surface area (Å²) in [5, 5.41) is 19.9. The summed E-state index contributed by atoms with van der Waals surface area (Å²) >= 11 is 0. The van der Waals surface area contributed by atoms with Gasteiger partial charge in [0, 0.05) is 11.8 Å². The van der Waals surface area contributed by atoms with Gasteiger partial charge in [-0.2, -0.15) is 0 Å². The molecule has 0 saturated heterocycles. The first-order valence-electron chi connectivity index (χ1n) is 9.51. The largest absolute Gasteiger partial charge is 0.508 e. The van der Waals surface area contributed by atoms with Crippen molar-refractivity contribution < 1.29 is 19.7 Å². The molecule has 0 aliphatic heterocycles. The molecule has 0 bridgehead atoms. The van der Waals surface area contributed by atoms with Crippen LogP contribution in [0.3, 0.4) is 0 Å². The minimum absolute atomic E-state index is 0.182. The molecule has 2 aromatic rings. The number of aromatic hydroxyl groups is 2. The number of hydrogen-bond acceptors (Lipinski definition) is 4.